The van der Waals surface area contributed by atoms with Crippen LogP contribution in [0.2, 0.25) is 0 Å². The molecule has 19 heteroatoms. The summed E-state index contributed by atoms with van der Waals surface area (Å²) in [5, 5.41) is 4.32. The first kappa shape index (κ1) is 79.9. The molecule has 24 rings (SSSR count). The number of halogens is 4. The van der Waals surface area contributed by atoms with Gasteiger partial charge >= 0.3 is 0 Å². The fraction of sp³-hybridized carbons (Fsp3) is 0. The fourth-order valence-electron chi connectivity index (χ4n) is 16.5. The van der Waals surface area contributed by atoms with Gasteiger partial charge < -0.3 is 4.57 Å². The molecular weight excluding hydrogens is 1840 g/mol. The minimum Gasteiger partial charge on any atom is -0.304 e. The molecule has 12 heterocycles. The first-order valence-electron chi connectivity index (χ1n) is 41.4. The van der Waals surface area contributed by atoms with Crippen LogP contribution in [0.3, 0.4) is 0 Å². The molecule has 0 saturated carbocycles. The normalized spacial score (nSPS) is 11.3. The molecule has 0 unspecified atom stereocenters. The number of nitrogens with zero attached hydrogens (tertiary/aromatic N) is 15. The van der Waals surface area contributed by atoms with E-state index in [0.29, 0.717) is 17.6 Å². The molecule has 24 aromatic rings. The Hall–Kier alpha value is -15.3. The van der Waals surface area contributed by atoms with Crippen molar-refractivity contribution in [3.05, 3.63) is 437 Å². The minimum atomic E-state index is 0.625. The molecule has 0 aliphatic rings. The second-order valence-electron chi connectivity index (χ2n) is 30.3. The molecule has 0 atom stereocenters. The van der Waals surface area contributed by atoms with E-state index >= 15 is 0 Å². The molecule has 0 amide bonds. The Kier molecular flexibility index (Phi) is 22.1. The molecule has 0 radical (unpaired) electrons. The Morgan fingerprint density at radius 3 is 0.922 bits per heavy atom. The van der Waals surface area contributed by atoms with E-state index in [1.165, 1.54) is 0 Å². The maximum absolute atomic E-state index is 5.12. The molecular formula is C109H69Br4N15. The molecule has 0 aliphatic heterocycles. The summed E-state index contributed by atoms with van der Waals surface area (Å²) in [6, 6.07) is 132. The Balaban J connectivity index is 0.000000104. The third-order valence-electron chi connectivity index (χ3n) is 22.3. The third-order valence-corrected chi connectivity index (χ3v) is 24.3. The van der Waals surface area contributed by atoms with Crippen LogP contribution in [0.25, 0.3) is 201 Å². The van der Waals surface area contributed by atoms with Gasteiger partial charge in [0.1, 0.15) is 11.6 Å². The molecule has 12 aromatic heterocycles. The van der Waals surface area contributed by atoms with Crippen molar-refractivity contribution in [2.45, 2.75) is 0 Å². The zero-order valence-electron chi connectivity index (χ0n) is 68.1. The second kappa shape index (κ2) is 35.4. The summed E-state index contributed by atoms with van der Waals surface area (Å²) in [5.41, 5.74) is 27.0. The molecule has 15 nitrogen and oxygen atoms in total. The highest BCUT2D eigenvalue weighted by Crippen LogP contribution is 2.41. The van der Waals surface area contributed by atoms with E-state index in [2.05, 4.69) is 302 Å². The van der Waals surface area contributed by atoms with Crippen LogP contribution in [0.4, 0.5) is 0 Å². The molecule has 0 N–H and O–H groups in total. The average Bonchev–Trinajstić information content (AvgIpc) is 1.60. The van der Waals surface area contributed by atoms with E-state index in [4.69, 9.17) is 34.9 Å². The van der Waals surface area contributed by atoms with Crippen molar-refractivity contribution < 1.29 is 0 Å². The molecule has 12 aromatic carbocycles. The lowest BCUT2D eigenvalue weighted by atomic mass is 10.0. The van der Waals surface area contributed by atoms with Gasteiger partial charge in [0, 0.05) is 109 Å². The standard InChI is InChI=1S/C28H18BrN3.3C27H17BrN4/c29-22-13-14-25-23(18-22)28-26(12-7-15-30-28)32(25)27-17-21(19-8-3-1-4-9-19)16-24(31-27)20-10-5-2-6-11-20;28-20-13-14-24-21(16-20)26-25(12-7-15-29-26)32(24)27-30-22(18-8-3-1-4-9-18)17-23(31-27)19-10-5-2-6-11-19;28-20-13-14-23-21(16-20)26-24(12-7-15-29-26)32(23)25-17-22(18-8-3-1-4-9-18)30-27(31-25)19-10-5-2-6-11-19;28-20-13-14-22-21(16-20)26-23(12-7-15-29-26)32(22)24-17-30-27(19-10-5-2-6-11-19)31-25(24)18-8-3-1-4-9-18/h1-18H;3*1-17H. The molecule has 0 fully saturated rings. The maximum Gasteiger partial charge on any atom is 0.235 e. The van der Waals surface area contributed by atoms with Gasteiger partial charge in [-0.25, -0.2) is 34.9 Å². The third kappa shape index (κ3) is 15.9. The van der Waals surface area contributed by atoms with Crippen molar-refractivity contribution >= 4 is 151 Å². The number of hydrogen-bond donors (Lipinski definition) is 0. The summed E-state index contributed by atoms with van der Waals surface area (Å²) in [6.45, 7) is 0. The molecule has 608 valence electrons. The average molecular weight is 1910 g/mol. The zero-order chi connectivity index (χ0) is 86.0. The van der Waals surface area contributed by atoms with Gasteiger partial charge in [-0.05, 0) is 151 Å². The lowest BCUT2D eigenvalue weighted by Crippen LogP contribution is -2.04. The molecule has 128 heavy (non-hydrogen) atoms. The second-order valence-corrected chi connectivity index (χ2v) is 34.0. The lowest BCUT2D eigenvalue weighted by Gasteiger charge is -2.14. The van der Waals surface area contributed by atoms with Crippen LogP contribution >= 0.6 is 63.7 Å². The lowest BCUT2D eigenvalue weighted by molar-refractivity contribution is 0.994. The van der Waals surface area contributed by atoms with E-state index in [1.54, 1.807) is 0 Å². The van der Waals surface area contributed by atoms with Gasteiger partial charge in [-0.1, -0.05) is 306 Å². The van der Waals surface area contributed by atoms with E-state index in [1.807, 2.05) is 219 Å². The topological polar surface area (TPSA) is 162 Å². The summed E-state index contributed by atoms with van der Waals surface area (Å²) in [6.07, 6.45) is 9.25. The Bertz CT molecular complexity index is 7480. The Morgan fingerprint density at radius 1 is 0.195 bits per heavy atom. The van der Waals surface area contributed by atoms with Crippen molar-refractivity contribution in [2.24, 2.45) is 0 Å². The van der Waals surface area contributed by atoms with Gasteiger partial charge in [0.25, 0.3) is 0 Å². The largest absolute Gasteiger partial charge is 0.304 e. The van der Waals surface area contributed by atoms with Crippen molar-refractivity contribution in [1.82, 2.24) is 73.1 Å². The van der Waals surface area contributed by atoms with Crippen LogP contribution in [0.15, 0.2) is 437 Å². The number of aromatic nitrogens is 15. The predicted octanol–water partition coefficient (Wildman–Crippen LogP) is 28.9. The van der Waals surface area contributed by atoms with E-state index < -0.39 is 0 Å². The molecule has 0 spiro atoms. The van der Waals surface area contributed by atoms with Gasteiger partial charge in [-0.3, -0.25) is 33.6 Å². The van der Waals surface area contributed by atoms with Crippen molar-refractivity contribution in [3.63, 3.8) is 0 Å². The van der Waals surface area contributed by atoms with Crippen LogP contribution in [-0.4, -0.2) is 73.1 Å². The van der Waals surface area contributed by atoms with Crippen molar-refractivity contribution in [2.75, 3.05) is 0 Å². The summed E-state index contributed by atoms with van der Waals surface area (Å²) < 4.78 is 12.8. The first-order valence-corrected chi connectivity index (χ1v) is 44.6. The van der Waals surface area contributed by atoms with Crippen LogP contribution in [0.5, 0.6) is 0 Å². The number of hydrogen-bond acceptors (Lipinski definition) is 11. The predicted molar refractivity (Wildman–Crippen MR) is 533 cm³/mol. The van der Waals surface area contributed by atoms with E-state index in [-0.39, 0.29) is 0 Å². The minimum absolute atomic E-state index is 0.625. The van der Waals surface area contributed by atoms with Crippen molar-refractivity contribution in [3.8, 4) is 113 Å². The van der Waals surface area contributed by atoms with Gasteiger partial charge in [0.2, 0.25) is 5.95 Å². The van der Waals surface area contributed by atoms with Crippen LogP contribution in [0, 0.1) is 0 Å². The van der Waals surface area contributed by atoms with Crippen LogP contribution in [0.1, 0.15) is 0 Å². The smallest absolute Gasteiger partial charge is 0.235 e. The number of pyridine rings is 5. The molecule has 0 bridgehead atoms. The van der Waals surface area contributed by atoms with Gasteiger partial charge in [-0.15, -0.1) is 0 Å². The molecule has 0 aliphatic carbocycles. The first-order chi connectivity index (χ1) is 63.1. The highest BCUT2D eigenvalue weighted by Gasteiger charge is 2.24. The highest BCUT2D eigenvalue weighted by molar-refractivity contribution is 9.11. The summed E-state index contributed by atoms with van der Waals surface area (Å²) >= 11 is 14.4. The fourth-order valence-corrected chi connectivity index (χ4v) is 18.0. The SMILES string of the molecule is Brc1ccc2c(c1)c1ncccc1n2-c1cc(-c2ccccc2)cc(-c2ccccc2)n1.Brc1ccc2c(c1)c1ncccc1n2-c1cc(-c2ccccc2)nc(-c2ccccc2)n1.Brc1ccc2c(c1)c1ncccc1n2-c1cnc(-c2ccccc2)nc1-c1ccccc1.Brc1ccc2c(c1)c1ncccc1n2-c1nc(-c2ccccc2)cc(-c2ccccc2)n1. The van der Waals surface area contributed by atoms with E-state index in [9.17, 15) is 0 Å². The summed E-state index contributed by atoms with van der Waals surface area (Å²) in [4.78, 5) is 53.6. The number of rotatable bonds is 12. The van der Waals surface area contributed by atoms with E-state index in [0.717, 1.165) is 201 Å². The Labute approximate surface area is 768 Å². The highest BCUT2D eigenvalue weighted by atomic mass is 79.9. The van der Waals surface area contributed by atoms with Crippen LogP contribution in [-0.2, 0) is 0 Å². The summed E-state index contributed by atoms with van der Waals surface area (Å²) in [5.74, 6) is 3.71. The quantitative estimate of drug-likeness (QED) is 0.114. The van der Waals surface area contributed by atoms with Crippen LogP contribution < -0.4 is 0 Å². The molecule has 0 saturated heterocycles. The maximum atomic E-state index is 5.12. The zero-order valence-corrected chi connectivity index (χ0v) is 74.4. The number of benzene rings is 12. The number of fused-ring (bicyclic) bond motifs is 12. The van der Waals surface area contributed by atoms with Gasteiger partial charge in [0.15, 0.2) is 11.6 Å². The van der Waals surface area contributed by atoms with Gasteiger partial charge in [-0.2, -0.15) is 0 Å². The van der Waals surface area contributed by atoms with Crippen molar-refractivity contribution in [1.29, 1.82) is 0 Å². The van der Waals surface area contributed by atoms with Gasteiger partial charge in [0.05, 0.1) is 107 Å². The summed E-state index contributed by atoms with van der Waals surface area (Å²) in [7, 11) is 0. The Morgan fingerprint density at radius 2 is 0.516 bits per heavy atom. The monoisotopic (exact) mass is 1900 g/mol.